The maximum absolute atomic E-state index is 5.77. The quantitative estimate of drug-likeness (QED) is 0.850. The third-order valence-electron chi connectivity index (χ3n) is 3.74. The van der Waals surface area contributed by atoms with Gasteiger partial charge in [0.25, 0.3) is 0 Å². The molecule has 1 aromatic carbocycles. The first-order chi connectivity index (χ1) is 10.3. The second-order valence-corrected chi connectivity index (χ2v) is 4.94. The molecule has 3 heteroatoms. The molecule has 1 aliphatic carbocycles. The van der Waals surface area contributed by atoms with Crippen LogP contribution in [0.25, 0.3) is 11.3 Å². The highest BCUT2D eigenvalue weighted by Gasteiger charge is 2.23. The number of benzene rings is 1. The predicted octanol–water partition coefficient (Wildman–Crippen LogP) is 3.94. The SMILES string of the molecule is CCOc1ccccc1C1=C(OC)c2cccnc2CC1. The van der Waals surface area contributed by atoms with Gasteiger partial charge >= 0.3 is 0 Å². The van der Waals surface area contributed by atoms with Crippen LogP contribution in [0.2, 0.25) is 0 Å². The number of aryl methyl sites for hydroxylation is 1. The van der Waals surface area contributed by atoms with Crippen molar-refractivity contribution in [1.29, 1.82) is 0 Å². The molecule has 0 saturated heterocycles. The van der Waals surface area contributed by atoms with Gasteiger partial charge in [-0.3, -0.25) is 4.98 Å². The van der Waals surface area contributed by atoms with Gasteiger partial charge < -0.3 is 9.47 Å². The predicted molar refractivity (Wildman–Crippen MR) is 84.0 cm³/mol. The number of nitrogens with zero attached hydrogens (tertiary/aromatic N) is 1. The summed E-state index contributed by atoms with van der Waals surface area (Å²) in [5, 5.41) is 0. The first-order valence-corrected chi connectivity index (χ1v) is 7.28. The summed E-state index contributed by atoms with van der Waals surface area (Å²) in [7, 11) is 1.72. The summed E-state index contributed by atoms with van der Waals surface area (Å²) >= 11 is 0. The second-order valence-electron chi connectivity index (χ2n) is 4.94. The molecule has 0 bridgehead atoms. The van der Waals surface area contributed by atoms with Crippen LogP contribution in [0, 0.1) is 0 Å². The first-order valence-electron chi connectivity index (χ1n) is 7.28. The van der Waals surface area contributed by atoms with Crippen molar-refractivity contribution >= 4 is 11.3 Å². The van der Waals surface area contributed by atoms with Crippen LogP contribution in [0.3, 0.4) is 0 Å². The zero-order chi connectivity index (χ0) is 14.7. The number of hydrogen-bond acceptors (Lipinski definition) is 3. The van der Waals surface area contributed by atoms with Crippen LogP contribution in [-0.4, -0.2) is 18.7 Å². The summed E-state index contributed by atoms with van der Waals surface area (Å²) in [6.45, 7) is 2.66. The van der Waals surface area contributed by atoms with Crippen LogP contribution >= 0.6 is 0 Å². The molecule has 0 fully saturated rings. The van der Waals surface area contributed by atoms with Crippen molar-refractivity contribution in [3.05, 3.63) is 59.4 Å². The number of hydrogen-bond donors (Lipinski definition) is 0. The van der Waals surface area contributed by atoms with E-state index in [2.05, 4.69) is 17.1 Å². The highest BCUT2D eigenvalue weighted by molar-refractivity contribution is 5.91. The Bertz CT molecular complexity index is 676. The molecule has 0 aliphatic heterocycles. The van der Waals surface area contributed by atoms with Crippen LogP contribution in [0.1, 0.15) is 30.2 Å². The molecule has 0 N–H and O–H groups in total. The van der Waals surface area contributed by atoms with Gasteiger partial charge in [-0.25, -0.2) is 0 Å². The number of ether oxygens (including phenoxy) is 2. The van der Waals surface area contributed by atoms with Crippen molar-refractivity contribution < 1.29 is 9.47 Å². The molecule has 3 rings (SSSR count). The third-order valence-corrected chi connectivity index (χ3v) is 3.74. The Balaban J connectivity index is 2.15. The molecule has 2 aromatic rings. The minimum absolute atomic E-state index is 0.657. The molecule has 21 heavy (non-hydrogen) atoms. The van der Waals surface area contributed by atoms with Crippen molar-refractivity contribution in [1.82, 2.24) is 4.98 Å². The third kappa shape index (κ3) is 2.51. The van der Waals surface area contributed by atoms with Gasteiger partial charge in [-0.2, -0.15) is 0 Å². The number of methoxy groups -OCH3 is 1. The van der Waals surface area contributed by atoms with Crippen molar-refractivity contribution in [2.24, 2.45) is 0 Å². The lowest BCUT2D eigenvalue weighted by molar-refractivity contribution is 0.338. The van der Waals surface area contributed by atoms with Gasteiger partial charge in [0.15, 0.2) is 0 Å². The van der Waals surface area contributed by atoms with Crippen molar-refractivity contribution in [3.8, 4) is 5.75 Å². The maximum atomic E-state index is 5.77. The van der Waals surface area contributed by atoms with Gasteiger partial charge in [0.1, 0.15) is 11.5 Å². The van der Waals surface area contributed by atoms with Crippen molar-refractivity contribution in [3.63, 3.8) is 0 Å². The van der Waals surface area contributed by atoms with Gasteiger partial charge in [0.05, 0.1) is 19.4 Å². The molecule has 0 amide bonds. The fourth-order valence-electron chi connectivity index (χ4n) is 2.85. The van der Waals surface area contributed by atoms with E-state index >= 15 is 0 Å². The van der Waals surface area contributed by atoms with Gasteiger partial charge in [0.2, 0.25) is 0 Å². The summed E-state index contributed by atoms with van der Waals surface area (Å²) in [6.07, 6.45) is 3.68. The van der Waals surface area contributed by atoms with Gasteiger partial charge in [0, 0.05) is 22.9 Å². The van der Waals surface area contributed by atoms with E-state index in [9.17, 15) is 0 Å². The Hall–Kier alpha value is -2.29. The fourth-order valence-corrected chi connectivity index (χ4v) is 2.85. The van der Waals surface area contributed by atoms with Crippen molar-refractivity contribution in [2.45, 2.75) is 19.8 Å². The monoisotopic (exact) mass is 281 g/mol. The number of rotatable bonds is 4. The van der Waals surface area contributed by atoms with E-state index in [0.717, 1.165) is 41.2 Å². The molecule has 0 saturated carbocycles. The molecule has 0 atom stereocenters. The van der Waals surface area contributed by atoms with E-state index < -0.39 is 0 Å². The number of pyridine rings is 1. The van der Waals surface area contributed by atoms with Crippen molar-refractivity contribution in [2.75, 3.05) is 13.7 Å². The summed E-state index contributed by atoms with van der Waals surface area (Å²) in [6, 6.07) is 12.2. The average Bonchev–Trinajstić information content (AvgIpc) is 2.54. The normalized spacial score (nSPS) is 13.8. The molecule has 108 valence electrons. The average molecular weight is 281 g/mol. The van der Waals surface area contributed by atoms with Gasteiger partial charge in [-0.1, -0.05) is 18.2 Å². The summed E-state index contributed by atoms with van der Waals surface area (Å²) in [5.41, 5.74) is 4.51. The minimum atomic E-state index is 0.657. The highest BCUT2D eigenvalue weighted by Crippen LogP contribution is 2.39. The van der Waals surface area contributed by atoms with E-state index in [-0.39, 0.29) is 0 Å². The lowest BCUT2D eigenvalue weighted by Gasteiger charge is -2.23. The maximum Gasteiger partial charge on any atom is 0.131 e. The van der Waals surface area contributed by atoms with E-state index in [1.807, 2.05) is 37.4 Å². The largest absolute Gasteiger partial charge is 0.496 e. The lowest BCUT2D eigenvalue weighted by atomic mass is 9.89. The lowest BCUT2D eigenvalue weighted by Crippen LogP contribution is -2.08. The van der Waals surface area contributed by atoms with E-state index in [0.29, 0.717) is 6.61 Å². The molecule has 3 nitrogen and oxygen atoms in total. The van der Waals surface area contributed by atoms with Crippen LogP contribution in [-0.2, 0) is 11.2 Å². The molecule has 1 aliphatic rings. The van der Waals surface area contributed by atoms with Crippen LogP contribution in [0.4, 0.5) is 0 Å². The number of aromatic nitrogens is 1. The minimum Gasteiger partial charge on any atom is -0.496 e. The summed E-state index contributed by atoms with van der Waals surface area (Å²) in [4.78, 5) is 4.46. The van der Waals surface area contributed by atoms with Gasteiger partial charge in [-0.15, -0.1) is 0 Å². The first kappa shape index (κ1) is 13.7. The topological polar surface area (TPSA) is 31.4 Å². The van der Waals surface area contributed by atoms with E-state index in [1.54, 1.807) is 7.11 Å². The zero-order valence-corrected chi connectivity index (χ0v) is 12.4. The smallest absolute Gasteiger partial charge is 0.131 e. The number of para-hydroxylation sites is 1. The molecule has 1 heterocycles. The molecule has 0 spiro atoms. The van der Waals surface area contributed by atoms with E-state index in [1.165, 1.54) is 5.57 Å². The second kappa shape index (κ2) is 6.00. The molecule has 0 unspecified atom stereocenters. The Morgan fingerprint density at radius 2 is 1.86 bits per heavy atom. The highest BCUT2D eigenvalue weighted by atomic mass is 16.5. The number of fused-ring (bicyclic) bond motifs is 1. The Labute approximate surface area is 125 Å². The standard InChI is InChI=1S/C18H19NO2/c1-3-21-17-9-5-4-7-13(17)14-10-11-16-15(18(14)20-2)8-6-12-19-16/h4-9,12H,3,10-11H2,1-2H3. The molecule has 1 aromatic heterocycles. The summed E-state index contributed by atoms with van der Waals surface area (Å²) < 4.78 is 11.5. The van der Waals surface area contributed by atoms with E-state index in [4.69, 9.17) is 9.47 Å². The Kier molecular flexibility index (Phi) is 3.91. The Morgan fingerprint density at radius 1 is 1.05 bits per heavy atom. The van der Waals surface area contributed by atoms with Gasteiger partial charge in [-0.05, 0) is 38.0 Å². The van der Waals surface area contributed by atoms with Crippen LogP contribution in [0.5, 0.6) is 5.75 Å². The summed E-state index contributed by atoms with van der Waals surface area (Å²) in [5.74, 6) is 1.83. The van der Waals surface area contributed by atoms with Crippen LogP contribution in [0.15, 0.2) is 42.6 Å². The number of allylic oxidation sites excluding steroid dienone is 1. The molecule has 0 radical (unpaired) electrons. The fraction of sp³-hybridized carbons (Fsp3) is 0.278. The molecular weight excluding hydrogens is 262 g/mol. The zero-order valence-electron chi connectivity index (χ0n) is 12.4. The van der Waals surface area contributed by atoms with Crippen LogP contribution < -0.4 is 4.74 Å². The Morgan fingerprint density at radius 3 is 2.67 bits per heavy atom. The molecular formula is C18H19NO2.